The summed E-state index contributed by atoms with van der Waals surface area (Å²) in [4.78, 5) is 21.9. The Hall–Kier alpha value is -3.89. The highest BCUT2D eigenvalue weighted by atomic mass is 16.6. The topological polar surface area (TPSA) is 143 Å². The van der Waals surface area contributed by atoms with Crippen LogP contribution in [0.3, 0.4) is 0 Å². The molecule has 3 rings (SSSR count). The van der Waals surface area contributed by atoms with Gasteiger partial charge in [-0.1, -0.05) is 5.10 Å². The van der Waals surface area contributed by atoms with E-state index in [1.165, 1.54) is 14.2 Å². The molecule has 26 heavy (non-hydrogen) atoms. The van der Waals surface area contributed by atoms with Crippen LogP contribution < -0.4 is 14.8 Å². The molecule has 0 fully saturated rings. The molecule has 11 heteroatoms. The van der Waals surface area contributed by atoms with E-state index in [9.17, 15) is 14.9 Å². The average molecular weight is 360 g/mol. The molecule has 2 heterocycles. The monoisotopic (exact) mass is 360 g/mol. The van der Waals surface area contributed by atoms with Crippen LogP contribution in [0.1, 0.15) is 10.6 Å². The highest BCUT2D eigenvalue weighted by Gasteiger charge is 2.20. The minimum absolute atomic E-state index is 0.0847. The zero-order valence-corrected chi connectivity index (χ0v) is 13.6. The van der Waals surface area contributed by atoms with Gasteiger partial charge in [0.1, 0.15) is 16.4 Å². The lowest BCUT2D eigenvalue weighted by Crippen LogP contribution is -2.11. The van der Waals surface area contributed by atoms with Crippen LogP contribution in [0.5, 0.6) is 11.5 Å². The van der Waals surface area contributed by atoms with E-state index >= 15 is 0 Å². The fourth-order valence-electron chi connectivity index (χ4n) is 2.07. The van der Waals surface area contributed by atoms with Crippen molar-refractivity contribution in [3.63, 3.8) is 0 Å². The van der Waals surface area contributed by atoms with Gasteiger partial charge >= 0.3 is 11.9 Å². The van der Waals surface area contributed by atoms with E-state index in [-0.39, 0.29) is 17.7 Å². The number of aromatic nitrogens is 2. The van der Waals surface area contributed by atoms with E-state index in [1.807, 2.05) is 0 Å². The van der Waals surface area contributed by atoms with E-state index in [0.29, 0.717) is 17.1 Å². The molecule has 3 aromatic rings. The third-order valence-corrected chi connectivity index (χ3v) is 3.28. The summed E-state index contributed by atoms with van der Waals surface area (Å²) in [5.74, 6) is -0.494. The van der Waals surface area contributed by atoms with Crippen LogP contribution in [-0.4, -0.2) is 35.2 Å². The molecular formula is C15H12N4O7. The Labute approximate surface area is 145 Å². The lowest BCUT2D eigenvalue weighted by Gasteiger charge is -2.07. The predicted octanol–water partition coefficient (Wildman–Crippen LogP) is 2.51. The van der Waals surface area contributed by atoms with Crippen LogP contribution in [0.15, 0.2) is 39.2 Å². The largest absolute Gasteiger partial charge is 0.497 e. The molecule has 2 aromatic heterocycles. The summed E-state index contributed by atoms with van der Waals surface area (Å²) in [5, 5.41) is 20.4. The maximum Gasteiger partial charge on any atom is 0.433 e. The van der Waals surface area contributed by atoms with Crippen molar-refractivity contribution < 1.29 is 28.0 Å². The predicted molar refractivity (Wildman–Crippen MR) is 86.2 cm³/mol. The van der Waals surface area contributed by atoms with Crippen molar-refractivity contribution in [2.75, 3.05) is 19.5 Å². The Morgan fingerprint density at radius 1 is 1.15 bits per heavy atom. The normalized spacial score (nSPS) is 10.4. The van der Waals surface area contributed by atoms with E-state index in [2.05, 4.69) is 15.5 Å². The molecule has 0 radical (unpaired) electrons. The fraction of sp³-hybridized carbons (Fsp3) is 0.133. The number of benzene rings is 1. The van der Waals surface area contributed by atoms with E-state index in [1.54, 1.807) is 18.2 Å². The van der Waals surface area contributed by atoms with Crippen molar-refractivity contribution >= 4 is 17.8 Å². The Morgan fingerprint density at radius 2 is 1.96 bits per heavy atom. The number of hydrogen-bond acceptors (Lipinski definition) is 9. The highest BCUT2D eigenvalue weighted by Crippen LogP contribution is 2.33. The molecule has 0 aliphatic carbocycles. The summed E-state index contributed by atoms with van der Waals surface area (Å²) in [6.07, 6.45) is 0. The molecule has 1 amide bonds. The number of carbonyl (C=O) groups excluding carboxylic acids is 1. The van der Waals surface area contributed by atoms with Gasteiger partial charge in [-0.3, -0.25) is 20.2 Å². The third-order valence-electron chi connectivity index (χ3n) is 3.28. The molecule has 11 nitrogen and oxygen atoms in total. The van der Waals surface area contributed by atoms with Crippen molar-refractivity contribution in [2.45, 2.75) is 0 Å². The van der Waals surface area contributed by atoms with Crippen molar-refractivity contribution in [3.8, 4) is 23.0 Å². The molecule has 0 aliphatic rings. The second kappa shape index (κ2) is 6.93. The van der Waals surface area contributed by atoms with Crippen LogP contribution in [-0.2, 0) is 0 Å². The second-order valence-electron chi connectivity index (χ2n) is 4.83. The molecule has 134 valence electrons. The first-order chi connectivity index (χ1) is 12.5. The van der Waals surface area contributed by atoms with Gasteiger partial charge < -0.3 is 18.3 Å². The number of nitrogens with zero attached hydrogens (tertiary/aromatic N) is 3. The number of methoxy groups -OCH3 is 2. The van der Waals surface area contributed by atoms with Gasteiger partial charge in [0.05, 0.1) is 25.8 Å². The van der Waals surface area contributed by atoms with Crippen LogP contribution >= 0.6 is 0 Å². The maximum atomic E-state index is 12.0. The Balaban J connectivity index is 1.81. The Morgan fingerprint density at radius 3 is 2.62 bits per heavy atom. The Bertz CT molecular complexity index is 963. The van der Waals surface area contributed by atoms with Crippen molar-refractivity contribution in [2.24, 2.45) is 0 Å². The smallest absolute Gasteiger partial charge is 0.433 e. The molecule has 1 aromatic carbocycles. The molecule has 0 saturated carbocycles. The summed E-state index contributed by atoms with van der Waals surface area (Å²) in [5.41, 5.74) is 0.466. The van der Waals surface area contributed by atoms with E-state index < -0.39 is 16.7 Å². The van der Waals surface area contributed by atoms with Gasteiger partial charge in [-0.2, -0.15) is 0 Å². The number of rotatable bonds is 6. The van der Waals surface area contributed by atoms with Gasteiger partial charge in [0.25, 0.3) is 11.8 Å². The van der Waals surface area contributed by atoms with Crippen molar-refractivity contribution in [1.82, 2.24) is 10.2 Å². The number of carbonyl (C=O) groups is 1. The minimum Gasteiger partial charge on any atom is -0.497 e. The molecule has 0 spiro atoms. The number of nitro groups is 1. The van der Waals surface area contributed by atoms with Gasteiger partial charge in [0, 0.05) is 0 Å². The lowest BCUT2D eigenvalue weighted by atomic mass is 10.2. The Kier molecular flexibility index (Phi) is 4.51. The van der Waals surface area contributed by atoms with Crippen LogP contribution in [0.2, 0.25) is 0 Å². The minimum atomic E-state index is -0.772. The van der Waals surface area contributed by atoms with Gasteiger partial charge in [0.15, 0.2) is 5.76 Å². The summed E-state index contributed by atoms with van der Waals surface area (Å²) in [6.45, 7) is 0. The molecule has 1 N–H and O–H groups in total. The fourth-order valence-corrected chi connectivity index (χ4v) is 2.07. The number of hydrogen-bond donors (Lipinski definition) is 1. The van der Waals surface area contributed by atoms with Gasteiger partial charge in [-0.05, 0) is 24.3 Å². The zero-order valence-electron chi connectivity index (χ0n) is 13.6. The lowest BCUT2D eigenvalue weighted by molar-refractivity contribution is -0.402. The first-order valence-corrected chi connectivity index (χ1v) is 7.13. The van der Waals surface area contributed by atoms with Crippen molar-refractivity contribution in [3.05, 3.63) is 46.2 Å². The zero-order chi connectivity index (χ0) is 18.7. The highest BCUT2D eigenvalue weighted by molar-refractivity contribution is 6.01. The number of anilines is 1. The number of amides is 1. The van der Waals surface area contributed by atoms with Gasteiger partial charge in [-0.25, -0.2) is 0 Å². The van der Waals surface area contributed by atoms with Gasteiger partial charge in [0.2, 0.25) is 0 Å². The van der Waals surface area contributed by atoms with E-state index in [0.717, 1.165) is 12.1 Å². The molecule has 0 saturated heterocycles. The number of furan rings is 1. The summed E-state index contributed by atoms with van der Waals surface area (Å²) >= 11 is 0. The van der Waals surface area contributed by atoms with Crippen molar-refractivity contribution in [1.29, 1.82) is 0 Å². The van der Waals surface area contributed by atoms with Crippen LogP contribution in [0.25, 0.3) is 11.5 Å². The van der Waals surface area contributed by atoms with E-state index in [4.69, 9.17) is 18.3 Å². The first-order valence-electron chi connectivity index (χ1n) is 7.13. The summed E-state index contributed by atoms with van der Waals surface area (Å²) in [6, 6.07) is 7.01. The SMILES string of the molecule is COc1ccc(OC)c(-c2nnc(NC(=O)c3ccc([N+](=O)[O-])o3)o2)c1. The average Bonchev–Trinajstić information content (AvgIpc) is 3.30. The summed E-state index contributed by atoms with van der Waals surface area (Å²) < 4.78 is 20.6. The summed E-state index contributed by atoms with van der Waals surface area (Å²) in [7, 11) is 2.99. The molecule has 0 bridgehead atoms. The van der Waals surface area contributed by atoms with Crippen LogP contribution in [0.4, 0.5) is 11.9 Å². The molecular weight excluding hydrogens is 348 g/mol. The van der Waals surface area contributed by atoms with Gasteiger partial charge in [-0.15, -0.1) is 5.10 Å². The second-order valence-corrected chi connectivity index (χ2v) is 4.83. The molecule has 0 aliphatic heterocycles. The number of nitrogens with one attached hydrogen (secondary N) is 1. The maximum absolute atomic E-state index is 12.0. The van der Waals surface area contributed by atoms with Crippen LogP contribution in [0, 0.1) is 10.1 Å². The first kappa shape index (κ1) is 17.0. The molecule has 0 unspecified atom stereocenters. The quantitative estimate of drug-likeness (QED) is 0.518. The third kappa shape index (κ3) is 3.31. The number of ether oxygens (including phenoxy) is 2. The molecule has 0 atom stereocenters. The standard InChI is InChI=1S/C15H12N4O7/c1-23-8-3-4-10(24-2)9(7-8)14-17-18-15(26-14)16-13(20)11-5-6-12(25-11)19(21)22/h3-7H,1-2H3,(H,16,18,20).